The van der Waals surface area contributed by atoms with Crippen molar-refractivity contribution in [3.05, 3.63) is 60.7 Å². The van der Waals surface area contributed by atoms with Gasteiger partial charge in [-0.3, -0.25) is 0 Å². The van der Waals surface area contributed by atoms with Crippen molar-refractivity contribution in [2.24, 2.45) is 10.2 Å². The first-order valence-electron chi connectivity index (χ1n) is 10.8. The van der Waals surface area contributed by atoms with E-state index in [4.69, 9.17) is 0 Å². The summed E-state index contributed by atoms with van der Waals surface area (Å²) in [7, 11) is 6.00. The lowest BCUT2D eigenvalue weighted by molar-refractivity contribution is 0.505. The zero-order chi connectivity index (χ0) is 23.2. The second-order valence-electron chi connectivity index (χ2n) is 4.21. The molecular weight excluding hydrogens is 342 g/mol. The number of benzene rings is 2. The largest absolute Gasteiger partial charge is 0.312 e. The van der Waals surface area contributed by atoms with Crippen LogP contribution >= 0.6 is 0 Å². The highest BCUT2D eigenvalue weighted by Gasteiger charge is 1.86. The van der Waals surface area contributed by atoms with Gasteiger partial charge in [-0.05, 0) is 45.4 Å². The molecule has 2 rings (SSSR count). The minimum Gasteiger partial charge on any atom is -0.312 e. The molecule has 0 aliphatic carbocycles. The minimum absolute atomic E-state index is 0.872. The van der Waals surface area contributed by atoms with Gasteiger partial charge in [0.05, 0.1) is 11.4 Å². The molecule has 0 bridgehead atoms. The highest BCUT2D eigenvalue weighted by molar-refractivity contribution is 5.39. The Morgan fingerprint density at radius 3 is 0.786 bits per heavy atom. The number of nitrogens with zero attached hydrogens (tertiary/aromatic N) is 3. The van der Waals surface area contributed by atoms with Crippen LogP contribution in [-0.2, 0) is 0 Å². The lowest BCUT2D eigenvalue weighted by atomic mass is 10.3. The summed E-state index contributed by atoms with van der Waals surface area (Å²) >= 11 is 0. The zero-order valence-corrected chi connectivity index (χ0v) is 21.1. The predicted molar refractivity (Wildman–Crippen MR) is 133 cm³/mol. The highest BCUT2D eigenvalue weighted by atomic mass is 15.1. The molecule has 0 N–H and O–H groups in total. The van der Waals surface area contributed by atoms with Crippen LogP contribution in [-0.4, -0.2) is 26.0 Å². The Kier molecular flexibility index (Phi) is 52.5. The third kappa shape index (κ3) is 35.2. The number of azo groups is 1. The molecule has 2 aromatic carbocycles. The van der Waals surface area contributed by atoms with Crippen molar-refractivity contribution in [2.45, 2.75) is 69.2 Å². The molecule has 0 spiro atoms. The number of rotatable bonds is 2. The Hall–Kier alpha value is -2.00. The van der Waals surface area contributed by atoms with E-state index in [1.54, 1.807) is 0 Å². The average Bonchev–Trinajstić information content (AvgIpc) is 2.80. The summed E-state index contributed by atoms with van der Waals surface area (Å²) in [6.07, 6.45) is 0. The Bertz CT molecular complexity index is 407. The normalized spacial score (nSPS) is 7.64. The minimum atomic E-state index is 0.872. The van der Waals surface area contributed by atoms with Gasteiger partial charge in [-0.1, -0.05) is 106 Å². The van der Waals surface area contributed by atoms with E-state index in [0.717, 1.165) is 11.4 Å². The molecule has 0 aliphatic rings. The lowest BCUT2D eigenvalue weighted by Crippen LogP contribution is -1.99. The summed E-state index contributed by atoms with van der Waals surface area (Å²) < 4.78 is 0. The van der Waals surface area contributed by atoms with Crippen LogP contribution in [0, 0.1) is 0 Å². The quantitative estimate of drug-likeness (QED) is 0.468. The van der Waals surface area contributed by atoms with Crippen molar-refractivity contribution in [3.8, 4) is 0 Å². The summed E-state index contributed by atoms with van der Waals surface area (Å²) in [5, 5.41) is 8.20. The molecule has 0 atom stereocenters. The van der Waals surface area contributed by atoms with Gasteiger partial charge in [0.2, 0.25) is 0 Å². The van der Waals surface area contributed by atoms with Crippen molar-refractivity contribution in [1.29, 1.82) is 0 Å². The van der Waals surface area contributed by atoms with E-state index in [2.05, 4.69) is 10.2 Å². The molecule has 0 saturated carbocycles. The van der Waals surface area contributed by atoms with Gasteiger partial charge < -0.3 is 4.90 Å². The maximum absolute atomic E-state index is 4.10. The molecule has 0 aliphatic heterocycles. The molecule has 0 heterocycles. The van der Waals surface area contributed by atoms with Gasteiger partial charge in [-0.2, -0.15) is 10.2 Å². The van der Waals surface area contributed by atoms with Gasteiger partial charge in [0.15, 0.2) is 0 Å². The van der Waals surface area contributed by atoms with Gasteiger partial charge in [0.1, 0.15) is 0 Å². The molecule has 3 nitrogen and oxygen atoms in total. The summed E-state index contributed by atoms with van der Waals surface area (Å²) in [5.74, 6) is 0. The number of hydrogen-bond acceptors (Lipinski definition) is 3. The molecule has 0 radical (unpaired) electrons. The van der Waals surface area contributed by atoms with E-state index >= 15 is 0 Å². The lowest BCUT2D eigenvalue weighted by Gasteiger charge is -1.91. The first kappa shape index (κ1) is 36.8. The van der Waals surface area contributed by atoms with Gasteiger partial charge in [-0.15, -0.1) is 0 Å². The molecule has 28 heavy (non-hydrogen) atoms. The first-order chi connectivity index (χ1) is 13.7. The molecule has 2 aromatic rings. The molecule has 3 heteroatoms. The molecular formula is C25H49N3. The maximum Gasteiger partial charge on any atom is 0.0857 e. The van der Waals surface area contributed by atoms with Crippen LogP contribution in [0.5, 0.6) is 0 Å². The molecule has 0 aromatic heterocycles. The third-order valence-corrected chi connectivity index (χ3v) is 1.79. The second kappa shape index (κ2) is 39.9. The average molecular weight is 392 g/mol. The Labute approximate surface area is 177 Å². The summed E-state index contributed by atoms with van der Waals surface area (Å²) in [6.45, 7) is 20.0. The van der Waals surface area contributed by atoms with Crippen LogP contribution < -0.4 is 0 Å². The Morgan fingerprint density at radius 1 is 0.429 bits per heavy atom. The monoisotopic (exact) mass is 391 g/mol. The summed E-state index contributed by atoms with van der Waals surface area (Å²) in [4.78, 5) is 2.00. The van der Waals surface area contributed by atoms with Gasteiger partial charge in [0.25, 0.3) is 0 Å². The molecule has 0 amide bonds. The van der Waals surface area contributed by atoms with Crippen molar-refractivity contribution in [3.63, 3.8) is 0 Å². The van der Waals surface area contributed by atoms with E-state index < -0.39 is 0 Å². The predicted octanol–water partition coefficient (Wildman–Crippen LogP) is 9.41. The van der Waals surface area contributed by atoms with Crippen LogP contribution in [0.4, 0.5) is 11.4 Å². The standard InChI is InChI=1S/C12H10N2.C3H9N.5C2H6/c1-3-7-11(8-4-1)13-14-12-9-5-2-6-10-12;1-4(2)3;5*1-2/h1-10H;1-3H3;5*1-2H3. The van der Waals surface area contributed by atoms with Crippen LogP contribution in [0.15, 0.2) is 70.9 Å². The van der Waals surface area contributed by atoms with E-state index in [9.17, 15) is 0 Å². The summed E-state index contributed by atoms with van der Waals surface area (Å²) in [5.41, 5.74) is 1.74. The fourth-order valence-electron chi connectivity index (χ4n) is 1.10. The van der Waals surface area contributed by atoms with E-state index in [1.807, 2.05) is 156 Å². The van der Waals surface area contributed by atoms with Gasteiger partial charge >= 0.3 is 0 Å². The Balaban J connectivity index is -0.000000106. The molecule has 164 valence electrons. The highest BCUT2D eigenvalue weighted by Crippen LogP contribution is 2.16. The van der Waals surface area contributed by atoms with E-state index in [1.165, 1.54) is 0 Å². The van der Waals surface area contributed by atoms with Crippen LogP contribution in [0.1, 0.15) is 69.2 Å². The maximum atomic E-state index is 4.10. The van der Waals surface area contributed by atoms with Crippen molar-refractivity contribution < 1.29 is 0 Å². The van der Waals surface area contributed by atoms with Crippen LogP contribution in [0.25, 0.3) is 0 Å². The van der Waals surface area contributed by atoms with E-state index in [0.29, 0.717) is 0 Å². The molecule has 0 saturated heterocycles. The van der Waals surface area contributed by atoms with E-state index in [-0.39, 0.29) is 0 Å². The van der Waals surface area contributed by atoms with Crippen LogP contribution in [0.3, 0.4) is 0 Å². The van der Waals surface area contributed by atoms with Crippen molar-refractivity contribution in [2.75, 3.05) is 21.1 Å². The zero-order valence-electron chi connectivity index (χ0n) is 21.1. The smallest absolute Gasteiger partial charge is 0.0857 e. The van der Waals surface area contributed by atoms with Crippen LogP contribution in [0.2, 0.25) is 0 Å². The topological polar surface area (TPSA) is 28.0 Å². The SMILES string of the molecule is CC.CC.CC.CC.CC.CN(C)C.c1ccc(N=Nc2ccccc2)cc1. The second-order valence-corrected chi connectivity index (χ2v) is 4.21. The fourth-order valence-corrected chi connectivity index (χ4v) is 1.10. The third-order valence-electron chi connectivity index (χ3n) is 1.79. The molecule has 0 fully saturated rings. The van der Waals surface area contributed by atoms with Crippen molar-refractivity contribution in [1.82, 2.24) is 4.90 Å². The summed E-state index contributed by atoms with van der Waals surface area (Å²) in [6, 6.07) is 19.4. The first-order valence-corrected chi connectivity index (χ1v) is 10.8. The van der Waals surface area contributed by atoms with Crippen molar-refractivity contribution >= 4 is 11.4 Å². The van der Waals surface area contributed by atoms with Gasteiger partial charge in [0, 0.05) is 0 Å². The Morgan fingerprint density at radius 2 is 0.607 bits per heavy atom. The number of hydrogen-bond donors (Lipinski definition) is 0. The molecule has 0 unspecified atom stereocenters. The fraction of sp³-hybridized carbons (Fsp3) is 0.520. The van der Waals surface area contributed by atoms with Gasteiger partial charge in [-0.25, -0.2) is 0 Å².